The highest BCUT2D eigenvalue weighted by atomic mass is 32.2. The molecule has 0 spiro atoms. The van der Waals surface area contributed by atoms with Gasteiger partial charge in [-0.25, -0.2) is 8.42 Å². The lowest BCUT2D eigenvalue weighted by atomic mass is 10.1. The van der Waals surface area contributed by atoms with E-state index in [2.05, 4.69) is 4.72 Å². The van der Waals surface area contributed by atoms with Gasteiger partial charge in [0.2, 0.25) is 0 Å². The van der Waals surface area contributed by atoms with E-state index in [1.54, 1.807) is 12.1 Å². The molecule has 0 aliphatic heterocycles. The number of hydrogen-bond donors (Lipinski definition) is 1. The third-order valence-corrected chi connectivity index (χ3v) is 4.64. The molecule has 0 saturated carbocycles. The lowest BCUT2D eigenvalue weighted by Crippen LogP contribution is -2.13. The molecular formula is C16H19NO2S. The quantitative estimate of drug-likeness (QED) is 0.936. The van der Waals surface area contributed by atoms with Crippen LogP contribution in [0, 0.1) is 27.7 Å². The van der Waals surface area contributed by atoms with Gasteiger partial charge in [0.15, 0.2) is 0 Å². The molecule has 106 valence electrons. The van der Waals surface area contributed by atoms with Gasteiger partial charge in [-0.2, -0.15) is 0 Å². The van der Waals surface area contributed by atoms with Crippen LogP contribution < -0.4 is 4.72 Å². The van der Waals surface area contributed by atoms with Crippen molar-refractivity contribution < 1.29 is 8.42 Å². The molecule has 0 fully saturated rings. The molecule has 0 aromatic heterocycles. The first-order valence-electron chi connectivity index (χ1n) is 6.46. The van der Waals surface area contributed by atoms with Crippen molar-refractivity contribution >= 4 is 15.7 Å². The van der Waals surface area contributed by atoms with Crippen LogP contribution in [0.3, 0.4) is 0 Å². The summed E-state index contributed by atoms with van der Waals surface area (Å²) in [4.78, 5) is 0.291. The van der Waals surface area contributed by atoms with Gasteiger partial charge < -0.3 is 0 Å². The lowest BCUT2D eigenvalue weighted by molar-refractivity contribution is 0.601. The van der Waals surface area contributed by atoms with Crippen molar-refractivity contribution in [3.8, 4) is 0 Å². The van der Waals surface area contributed by atoms with E-state index in [9.17, 15) is 8.42 Å². The van der Waals surface area contributed by atoms with Gasteiger partial charge in [0.1, 0.15) is 0 Å². The minimum Gasteiger partial charge on any atom is -0.280 e. The minimum absolute atomic E-state index is 0.291. The second-order valence-electron chi connectivity index (χ2n) is 5.23. The Labute approximate surface area is 120 Å². The van der Waals surface area contributed by atoms with Crippen LogP contribution >= 0.6 is 0 Å². The van der Waals surface area contributed by atoms with Crippen LogP contribution in [0.5, 0.6) is 0 Å². The number of nitrogens with one attached hydrogen (secondary N) is 1. The molecule has 0 radical (unpaired) electrons. The molecule has 0 atom stereocenters. The summed E-state index contributed by atoms with van der Waals surface area (Å²) in [5.74, 6) is 0. The molecular weight excluding hydrogens is 270 g/mol. The van der Waals surface area contributed by atoms with Gasteiger partial charge in [-0.05, 0) is 74.2 Å². The van der Waals surface area contributed by atoms with Crippen LogP contribution in [0.15, 0.2) is 41.3 Å². The van der Waals surface area contributed by atoms with Crippen LogP contribution in [0.1, 0.15) is 22.3 Å². The number of sulfonamides is 1. The van der Waals surface area contributed by atoms with Gasteiger partial charge in [0.25, 0.3) is 10.0 Å². The fourth-order valence-electron chi connectivity index (χ4n) is 2.13. The van der Waals surface area contributed by atoms with E-state index in [-0.39, 0.29) is 0 Å². The molecule has 0 saturated heterocycles. The Balaban J connectivity index is 2.37. The third kappa shape index (κ3) is 3.20. The summed E-state index contributed by atoms with van der Waals surface area (Å²) in [7, 11) is -3.54. The van der Waals surface area contributed by atoms with Crippen molar-refractivity contribution in [2.45, 2.75) is 32.6 Å². The van der Waals surface area contributed by atoms with Gasteiger partial charge in [-0.1, -0.05) is 12.1 Å². The van der Waals surface area contributed by atoms with E-state index in [1.807, 2.05) is 52.0 Å². The predicted molar refractivity (Wildman–Crippen MR) is 82.6 cm³/mol. The zero-order valence-corrected chi connectivity index (χ0v) is 13.0. The Morgan fingerprint density at radius 1 is 0.800 bits per heavy atom. The molecule has 0 aliphatic rings. The smallest absolute Gasteiger partial charge is 0.261 e. The summed E-state index contributed by atoms with van der Waals surface area (Å²) >= 11 is 0. The zero-order valence-electron chi connectivity index (χ0n) is 12.2. The molecule has 1 N–H and O–H groups in total. The fourth-order valence-corrected chi connectivity index (χ4v) is 3.25. The second-order valence-corrected chi connectivity index (χ2v) is 6.91. The molecule has 4 heteroatoms. The monoisotopic (exact) mass is 289 g/mol. The maximum absolute atomic E-state index is 12.4. The van der Waals surface area contributed by atoms with Crippen molar-refractivity contribution in [3.05, 3.63) is 58.7 Å². The molecule has 20 heavy (non-hydrogen) atoms. The van der Waals surface area contributed by atoms with E-state index < -0.39 is 10.0 Å². The lowest BCUT2D eigenvalue weighted by Gasteiger charge is -2.11. The Bertz CT molecular complexity index is 729. The number of anilines is 1. The first-order chi connectivity index (χ1) is 9.28. The maximum Gasteiger partial charge on any atom is 0.261 e. The van der Waals surface area contributed by atoms with E-state index in [0.717, 1.165) is 22.3 Å². The molecule has 0 aliphatic carbocycles. The van der Waals surface area contributed by atoms with Crippen LogP contribution in [-0.2, 0) is 10.0 Å². The first-order valence-corrected chi connectivity index (χ1v) is 7.94. The van der Waals surface area contributed by atoms with E-state index >= 15 is 0 Å². The second kappa shape index (κ2) is 5.29. The van der Waals surface area contributed by atoms with Gasteiger partial charge >= 0.3 is 0 Å². The summed E-state index contributed by atoms with van der Waals surface area (Å²) < 4.78 is 27.4. The van der Waals surface area contributed by atoms with Crippen LogP contribution in [-0.4, -0.2) is 8.42 Å². The number of rotatable bonds is 3. The molecule has 0 bridgehead atoms. The van der Waals surface area contributed by atoms with Crippen molar-refractivity contribution in [1.29, 1.82) is 0 Å². The Morgan fingerprint density at radius 3 is 1.95 bits per heavy atom. The Morgan fingerprint density at radius 2 is 1.40 bits per heavy atom. The summed E-state index contributed by atoms with van der Waals surface area (Å²) in [5.41, 5.74) is 4.70. The fraction of sp³-hybridized carbons (Fsp3) is 0.250. The summed E-state index contributed by atoms with van der Waals surface area (Å²) in [6.45, 7) is 7.76. The van der Waals surface area contributed by atoms with Crippen molar-refractivity contribution in [1.82, 2.24) is 0 Å². The molecule has 2 aromatic rings. The number of benzene rings is 2. The number of aryl methyl sites for hydroxylation is 4. The van der Waals surface area contributed by atoms with Gasteiger partial charge in [0.05, 0.1) is 4.90 Å². The zero-order chi connectivity index (χ0) is 14.9. The van der Waals surface area contributed by atoms with E-state index in [4.69, 9.17) is 0 Å². The summed E-state index contributed by atoms with van der Waals surface area (Å²) in [5, 5.41) is 0. The number of hydrogen-bond acceptors (Lipinski definition) is 2. The van der Waals surface area contributed by atoms with Crippen molar-refractivity contribution in [2.75, 3.05) is 4.72 Å². The highest BCUT2D eigenvalue weighted by Crippen LogP contribution is 2.20. The van der Waals surface area contributed by atoms with Gasteiger partial charge in [0, 0.05) is 5.69 Å². The average Bonchev–Trinajstić information content (AvgIpc) is 2.30. The first kappa shape index (κ1) is 14.6. The molecule has 0 amide bonds. The normalized spacial score (nSPS) is 11.4. The predicted octanol–water partition coefficient (Wildman–Crippen LogP) is 3.72. The average molecular weight is 289 g/mol. The highest BCUT2D eigenvalue weighted by Gasteiger charge is 2.15. The largest absolute Gasteiger partial charge is 0.280 e. The third-order valence-electron chi connectivity index (χ3n) is 3.26. The topological polar surface area (TPSA) is 46.2 Å². The van der Waals surface area contributed by atoms with Gasteiger partial charge in [-0.3, -0.25) is 4.72 Å². The van der Waals surface area contributed by atoms with Crippen molar-refractivity contribution in [3.63, 3.8) is 0 Å². The van der Waals surface area contributed by atoms with E-state index in [0.29, 0.717) is 10.6 Å². The molecule has 0 unspecified atom stereocenters. The SMILES string of the molecule is Cc1cc(C)cc(NS(=O)(=O)c2ccc(C)c(C)c2)c1. The van der Waals surface area contributed by atoms with E-state index in [1.165, 1.54) is 0 Å². The Kier molecular flexibility index (Phi) is 3.86. The molecule has 2 rings (SSSR count). The molecule has 2 aromatic carbocycles. The summed E-state index contributed by atoms with van der Waals surface area (Å²) in [6.07, 6.45) is 0. The van der Waals surface area contributed by atoms with Crippen LogP contribution in [0.25, 0.3) is 0 Å². The maximum atomic E-state index is 12.4. The minimum atomic E-state index is -3.54. The Hall–Kier alpha value is -1.81. The molecule has 0 heterocycles. The highest BCUT2D eigenvalue weighted by molar-refractivity contribution is 7.92. The van der Waals surface area contributed by atoms with Crippen LogP contribution in [0.2, 0.25) is 0 Å². The molecule has 3 nitrogen and oxygen atoms in total. The summed E-state index contributed by atoms with van der Waals surface area (Å²) in [6, 6.07) is 10.8. The standard InChI is InChI=1S/C16H19NO2S/c1-11-7-12(2)9-15(8-11)17-20(18,19)16-6-5-13(3)14(4)10-16/h5-10,17H,1-4H3. The van der Waals surface area contributed by atoms with Crippen LogP contribution in [0.4, 0.5) is 5.69 Å². The van der Waals surface area contributed by atoms with Gasteiger partial charge in [-0.15, -0.1) is 0 Å². The van der Waals surface area contributed by atoms with Crippen molar-refractivity contribution in [2.24, 2.45) is 0 Å².